The van der Waals surface area contributed by atoms with Gasteiger partial charge in [0.05, 0.1) is 12.2 Å². The molecule has 3 heterocycles. The third-order valence-corrected chi connectivity index (χ3v) is 4.71. The molecule has 126 valence electrons. The van der Waals surface area contributed by atoms with Gasteiger partial charge >= 0.3 is 0 Å². The van der Waals surface area contributed by atoms with E-state index in [1.165, 1.54) is 0 Å². The summed E-state index contributed by atoms with van der Waals surface area (Å²) in [5.41, 5.74) is 2.44. The van der Waals surface area contributed by atoms with E-state index in [1.54, 1.807) is 21.7 Å². The van der Waals surface area contributed by atoms with Crippen LogP contribution >= 0.6 is 11.6 Å². The van der Waals surface area contributed by atoms with Gasteiger partial charge in [-0.15, -0.1) is 0 Å². The summed E-state index contributed by atoms with van der Waals surface area (Å²) in [5, 5.41) is 4.94. The highest BCUT2D eigenvalue weighted by Crippen LogP contribution is 2.42. The van der Waals surface area contributed by atoms with Gasteiger partial charge in [-0.2, -0.15) is 13.9 Å². The largest absolute Gasteiger partial charge is 0.338 e. The maximum absolute atomic E-state index is 12.4. The summed E-state index contributed by atoms with van der Waals surface area (Å²) in [7, 11) is 0. The molecule has 0 bridgehead atoms. The van der Waals surface area contributed by atoms with Crippen LogP contribution in [0.1, 0.15) is 36.4 Å². The molecule has 0 aromatic carbocycles. The van der Waals surface area contributed by atoms with Crippen molar-refractivity contribution in [2.45, 2.75) is 31.7 Å². The van der Waals surface area contributed by atoms with Crippen LogP contribution in [0.25, 0.3) is 5.65 Å². The van der Waals surface area contributed by atoms with E-state index in [1.807, 2.05) is 0 Å². The molecule has 1 aliphatic carbocycles. The van der Waals surface area contributed by atoms with Crippen molar-refractivity contribution in [2.24, 2.45) is 5.92 Å². The minimum atomic E-state index is -1.74. The van der Waals surface area contributed by atoms with Crippen molar-refractivity contribution in [3.05, 3.63) is 40.8 Å². The molecule has 2 aromatic heterocycles. The highest BCUT2D eigenvalue weighted by Gasteiger charge is 2.34. The topological polar surface area (TPSA) is 50.5 Å². The van der Waals surface area contributed by atoms with E-state index in [-0.39, 0.29) is 18.9 Å². The minimum absolute atomic E-state index is 0.115. The standard InChI is InChI=1S/C16H15ClF2N4O/c17-12-3-4-23-16(20-12)11(15(21-23)10-1-2-10)8-22-7-9(5-13(18)19)6-14(22)24/h3-5,9-10H,1-2,6-8H2. The lowest BCUT2D eigenvalue weighted by molar-refractivity contribution is -0.128. The van der Waals surface area contributed by atoms with Gasteiger partial charge < -0.3 is 4.90 Å². The average Bonchev–Trinajstić information content (AvgIpc) is 3.22. The lowest BCUT2D eigenvalue weighted by Crippen LogP contribution is -2.25. The third kappa shape index (κ3) is 2.88. The van der Waals surface area contributed by atoms with E-state index in [2.05, 4.69) is 10.1 Å². The second-order valence-electron chi connectivity index (χ2n) is 6.35. The molecular weight excluding hydrogens is 338 g/mol. The Balaban J connectivity index is 1.66. The van der Waals surface area contributed by atoms with Crippen molar-refractivity contribution < 1.29 is 13.6 Å². The highest BCUT2D eigenvalue weighted by molar-refractivity contribution is 6.29. The Morgan fingerprint density at radius 3 is 2.92 bits per heavy atom. The van der Waals surface area contributed by atoms with E-state index in [0.717, 1.165) is 30.2 Å². The first kappa shape index (κ1) is 15.5. The van der Waals surface area contributed by atoms with Crippen LogP contribution in [0.3, 0.4) is 0 Å². The number of halogens is 3. The van der Waals surface area contributed by atoms with E-state index in [9.17, 15) is 13.6 Å². The minimum Gasteiger partial charge on any atom is -0.338 e. The zero-order valence-corrected chi connectivity index (χ0v) is 13.5. The molecular formula is C16H15ClF2N4O. The normalized spacial score (nSPS) is 20.9. The van der Waals surface area contributed by atoms with Crippen LogP contribution in [0.4, 0.5) is 8.78 Å². The molecule has 1 saturated heterocycles. The van der Waals surface area contributed by atoms with Gasteiger partial charge in [-0.1, -0.05) is 11.6 Å². The van der Waals surface area contributed by atoms with Crippen molar-refractivity contribution in [3.8, 4) is 0 Å². The molecule has 1 unspecified atom stereocenters. The Labute approximate surface area is 141 Å². The Kier molecular flexibility index (Phi) is 3.75. The number of carbonyl (C=O) groups excluding carboxylic acids is 1. The molecule has 1 amide bonds. The number of hydrogen-bond donors (Lipinski definition) is 0. The first-order chi connectivity index (χ1) is 11.5. The highest BCUT2D eigenvalue weighted by atomic mass is 35.5. The molecule has 5 nitrogen and oxygen atoms in total. The second-order valence-corrected chi connectivity index (χ2v) is 6.74. The van der Waals surface area contributed by atoms with Crippen LogP contribution in [0.15, 0.2) is 24.4 Å². The molecule has 0 radical (unpaired) electrons. The smallest absolute Gasteiger partial charge is 0.266 e. The Morgan fingerprint density at radius 1 is 1.42 bits per heavy atom. The Bertz CT molecular complexity index is 842. The van der Waals surface area contributed by atoms with E-state index >= 15 is 0 Å². The van der Waals surface area contributed by atoms with Crippen LogP contribution < -0.4 is 0 Å². The number of carbonyl (C=O) groups is 1. The SMILES string of the molecule is O=C1CC(C=C(F)F)CN1Cc1c(C2CC2)nn2ccc(Cl)nc12. The van der Waals surface area contributed by atoms with Gasteiger partial charge in [0.25, 0.3) is 6.08 Å². The van der Waals surface area contributed by atoms with E-state index in [0.29, 0.717) is 23.3 Å². The van der Waals surface area contributed by atoms with Gasteiger partial charge in [0.1, 0.15) is 5.15 Å². The van der Waals surface area contributed by atoms with Crippen molar-refractivity contribution in [1.82, 2.24) is 19.5 Å². The fraction of sp³-hybridized carbons (Fsp3) is 0.438. The van der Waals surface area contributed by atoms with Crippen LogP contribution in [0, 0.1) is 5.92 Å². The molecule has 2 fully saturated rings. The zero-order valence-electron chi connectivity index (χ0n) is 12.8. The number of aromatic nitrogens is 3. The maximum Gasteiger partial charge on any atom is 0.266 e. The number of hydrogen-bond acceptors (Lipinski definition) is 3. The molecule has 1 saturated carbocycles. The Hall–Kier alpha value is -2.02. The summed E-state index contributed by atoms with van der Waals surface area (Å²) in [4.78, 5) is 18.1. The van der Waals surface area contributed by atoms with Crippen molar-refractivity contribution in [2.75, 3.05) is 6.54 Å². The number of fused-ring (bicyclic) bond motifs is 1. The first-order valence-electron chi connectivity index (χ1n) is 7.85. The molecule has 1 atom stereocenters. The average molecular weight is 353 g/mol. The quantitative estimate of drug-likeness (QED) is 0.792. The molecule has 0 spiro atoms. The van der Waals surface area contributed by atoms with Crippen molar-refractivity contribution in [1.29, 1.82) is 0 Å². The van der Waals surface area contributed by atoms with Gasteiger partial charge in [-0.3, -0.25) is 4.79 Å². The van der Waals surface area contributed by atoms with Crippen LogP contribution in [-0.2, 0) is 11.3 Å². The molecule has 4 rings (SSSR count). The van der Waals surface area contributed by atoms with Crippen molar-refractivity contribution >= 4 is 23.2 Å². The van der Waals surface area contributed by atoms with Crippen molar-refractivity contribution in [3.63, 3.8) is 0 Å². The zero-order chi connectivity index (χ0) is 16.8. The fourth-order valence-corrected chi connectivity index (χ4v) is 3.38. The van der Waals surface area contributed by atoms with Gasteiger partial charge in [0, 0.05) is 36.6 Å². The molecule has 2 aliphatic rings. The lowest BCUT2D eigenvalue weighted by atomic mass is 10.1. The van der Waals surface area contributed by atoms with Gasteiger partial charge in [0.15, 0.2) is 5.65 Å². The molecule has 1 aliphatic heterocycles. The molecule has 8 heteroatoms. The van der Waals surface area contributed by atoms with Crippen LogP contribution in [0.5, 0.6) is 0 Å². The van der Waals surface area contributed by atoms with Gasteiger partial charge in [-0.25, -0.2) is 9.50 Å². The summed E-state index contributed by atoms with van der Waals surface area (Å²) >= 11 is 6.00. The summed E-state index contributed by atoms with van der Waals surface area (Å²) in [6.45, 7) is 0.623. The summed E-state index contributed by atoms with van der Waals surface area (Å²) in [5.74, 6) is -0.178. The Morgan fingerprint density at radius 2 is 2.21 bits per heavy atom. The summed E-state index contributed by atoms with van der Waals surface area (Å²) in [6, 6.07) is 1.66. The van der Waals surface area contributed by atoms with Crippen LogP contribution in [0.2, 0.25) is 5.15 Å². The predicted octanol–water partition coefficient (Wildman–Crippen LogP) is 3.39. The van der Waals surface area contributed by atoms with E-state index in [4.69, 9.17) is 11.6 Å². The van der Waals surface area contributed by atoms with Crippen LogP contribution in [-0.4, -0.2) is 31.9 Å². The number of likely N-dealkylation sites (tertiary alicyclic amines) is 1. The maximum atomic E-state index is 12.4. The summed E-state index contributed by atoms with van der Waals surface area (Å²) in [6.07, 6.45) is 3.12. The number of rotatable bonds is 4. The lowest BCUT2D eigenvalue weighted by Gasteiger charge is -2.16. The number of amides is 1. The fourth-order valence-electron chi connectivity index (χ4n) is 3.24. The second kappa shape index (κ2) is 5.81. The first-order valence-corrected chi connectivity index (χ1v) is 8.23. The third-order valence-electron chi connectivity index (χ3n) is 4.50. The van der Waals surface area contributed by atoms with Gasteiger partial charge in [-0.05, 0) is 25.0 Å². The van der Waals surface area contributed by atoms with Gasteiger partial charge in [0.2, 0.25) is 5.91 Å². The molecule has 24 heavy (non-hydrogen) atoms. The summed E-state index contributed by atoms with van der Waals surface area (Å²) < 4.78 is 26.6. The molecule has 2 aromatic rings. The van der Waals surface area contributed by atoms with E-state index < -0.39 is 12.0 Å². The monoisotopic (exact) mass is 352 g/mol. The predicted molar refractivity (Wildman–Crippen MR) is 83.8 cm³/mol. The molecule has 0 N–H and O–H groups in total. The number of nitrogens with zero attached hydrogens (tertiary/aromatic N) is 4.